The minimum Gasteiger partial charge on any atom is -0.507 e. The number of aromatic nitrogens is 2. The SMILES string of the molecule is Oc1ccccc1C(F)(F)F.c1cncnc1. The van der Waals surface area contributed by atoms with Crippen molar-refractivity contribution >= 4 is 0 Å². The van der Waals surface area contributed by atoms with E-state index in [0.29, 0.717) is 0 Å². The fraction of sp³-hybridized carbons (Fsp3) is 0.0909. The van der Waals surface area contributed by atoms with Gasteiger partial charge in [-0.05, 0) is 18.2 Å². The highest BCUT2D eigenvalue weighted by molar-refractivity contribution is 5.33. The Labute approximate surface area is 95.6 Å². The van der Waals surface area contributed by atoms with Gasteiger partial charge >= 0.3 is 6.18 Å². The summed E-state index contributed by atoms with van der Waals surface area (Å²) in [5.41, 5.74) is -1.000. The Morgan fingerprint density at radius 2 is 1.53 bits per heavy atom. The summed E-state index contributed by atoms with van der Waals surface area (Å²) < 4.78 is 35.7. The van der Waals surface area contributed by atoms with Gasteiger partial charge in [-0.25, -0.2) is 9.97 Å². The third-order valence-corrected chi connectivity index (χ3v) is 1.69. The summed E-state index contributed by atoms with van der Waals surface area (Å²) in [4.78, 5) is 7.35. The highest BCUT2D eigenvalue weighted by Gasteiger charge is 2.33. The normalized spacial score (nSPS) is 10.3. The number of phenolic OH excluding ortho intramolecular Hbond substituents is 1. The van der Waals surface area contributed by atoms with E-state index in [4.69, 9.17) is 5.11 Å². The van der Waals surface area contributed by atoms with Gasteiger partial charge in [-0.3, -0.25) is 0 Å². The lowest BCUT2D eigenvalue weighted by atomic mass is 10.2. The molecule has 0 aliphatic carbocycles. The van der Waals surface area contributed by atoms with E-state index >= 15 is 0 Å². The molecule has 17 heavy (non-hydrogen) atoms. The Bertz CT molecular complexity index is 419. The molecule has 0 aliphatic heterocycles. The maximum Gasteiger partial charge on any atom is 0.419 e. The number of nitrogens with zero attached hydrogens (tertiary/aromatic N) is 2. The van der Waals surface area contributed by atoms with Crippen LogP contribution in [0.3, 0.4) is 0 Å². The van der Waals surface area contributed by atoms with Crippen LogP contribution in [0.15, 0.2) is 49.1 Å². The second-order valence-corrected chi connectivity index (χ2v) is 2.92. The van der Waals surface area contributed by atoms with E-state index in [1.165, 1.54) is 18.5 Å². The molecule has 1 N–H and O–H groups in total. The van der Waals surface area contributed by atoms with Gasteiger partial charge in [0.05, 0.1) is 5.56 Å². The van der Waals surface area contributed by atoms with Gasteiger partial charge in [0.1, 0.15) is 12.1 Å². The fourth-order valence-corrected chi connectivity index (χ4v) is 0.967. The average Bonchev–Trinajstić information content (AvgIpc) is 2.31. The molecule has 0 spiro atoms. The van der Waals surface area contributed by atoms with Gasteiger partial charge in [0.25, 0.3) is 0 Å². The predicted molar refractivity (Wildman–Crippen MR) is 55.1 cm³/mol. The Morgan fingerprint density at radius 3 is 1.82 bits per heavy atom. The van der Waals surface area contributed by atoms with Crippen molar-refractivity contribution in [3.63, 3.8) is 0 Å². The number of alkyl halides is 3. The lowest BCUT2D eigenvalue weighted by Crippen LogP contribution is -2.04. The number of para-hydroxylation sites is 1. The van der Waals surface area contributed by atoms with Gasteiger partial charge in [0.15, 0.2) is 0 Å². The molecule has 0 fully saturated rings. The number of hydrogen-bond donors (Lipinski definition) is 1. The van der Waals surface area contributed by atoms with Crippen LogP contribution in [0, 0.1) is 0 Å². The molecule has 0 bridgehead atoms. The minimum absolute atomic E-state index is 0.736. The first-order valence-electron chi connectivity index (χ1n) is 4.57. The summed E-state index contributed by atoms with van der Waals surface area (Å²) in [5, 5.41) is 8.73. The third-order valence-electron chi connectivity index (χ3n) is 1.69. The molecule has 0 amide bonds. The molecule has 2 rings (SSSR count). The van der Waals surface area contributed by atoms with Crippen LogP contribution in [0.1, 0.15) is 5.56 Å². The van der Waals surface area contributed by atoms with Crippen molar-refractivity contribution in [2.75, 3.05) is 0 Å². The maximum absolute atomic E-state index is 11.9. The molecule has 0 unspecified atom stereocenters. The summed E-state index contributed by atoms with van der Waals surface area (Å²) in [6.45, 7) is 0. The second kappa shape index (κ2) is 5.83. The molecule has 6 heteroatoms. The zero-order chi connectivity index (χ0) is 12.7. The van der Waals surface area contributed by atoms with Gasteiger partial charge < -0.3 is 5.11 Å². The van der Waals surface area contributed by atoms with Crippen molar-refractivity contribution in [2.45, 2.75) is 6.18 Å². The molecule has 90 valence electrons. The summed E-state index contributed by atoms with van der Waals surface area (Å²) in [6.07, 6.45) is 0.408. The summed E-state index contributed by atoms with van der Waals surface area (Å²) in [7, 11) is 0. The molecule has 3 nitrogen and oxygen atoms in total. The monoisotopic (exact) mass is 242 g/mol. The van der Waals surface area contributed by atoms with E-state index in [2.05, 4.69) is 9.97 Å². The minimum atomic E-state index is -4.47. The molecule has 0 aliphatic rings. The maximum atomic E-state index is 11.9. The van der Waals surface area contributed by atoms with Crippen molar-refractivity contribution in [2.24, 2.45) is 0 Å². The fourth-order valence-electron chi connectivity index (χ4n) is 0.967. The van der Waals surface area contributed by atoms with Gasteiger partial charge in [0.2, 0.25) is 0 Å². The number of benzene rings is 1. The van der Waals surface area contributed by atoms with Crippen LogP contribution in [-0.2, 0) is 6.18 Å². The van der Waals surface area contributed by atoms with Crippen molar-refractivity contribution in [1.82, 2.24) is 9.97 Å². The van der Waals surface area contributed by atoms with Crippen LogP contribution >= 0.6 is 0 Å². The van der Waals surface area contributed by atoms with E-state index in [-0.39, 0.29) is 0 Å². The van der Waals surface area contributed by atoms with Crippen LogP contribution in [0.4, 0.5) is 13.2 Å². The van der Waals surface area contributed by atoms with Gasteiger partial charge in [-0.15, -0.1) is 0 Å². The van der Waals surface area contributed by atoms with E-state index in [9.17, 15) is 13.2 Å². The smallest absolute Gasteiger partial charge is 0.419 e. The lowest BCUT2D eigenvalue weighted by molar-refractivity contribution is -0.138. The van der Waals surface area contributed by atoms with Crippen LogP contribution in [0.2, 0.25) is 0 Å². The molecule has 0 atom stereocenters. The highest BCUT2D eigenvalue weighted by atomic mass is 19.4. The van der Waals surface area contributed by atoms with E-state index in [1.807, 2.05) is 0 Å². The third kappa shape index (κ3) is 4.50. The Balaban J connectivity index is 0.000000202. The summed E-state index contributed by atoms with van der Waals surface area (Å²) >= 11 is 0. The largest absolute Gasteiger partial charge is 0.507 e. The topological polar surface area (TPSA) is 46.0 Å². The quantitative estimate of drug-likeness (QED) is 0.772. The van der Waals surface area contributed by atoms with Crippen LogP contribution < -0.4 is 0 Å². The Kier molecular flexibility index (Phi) is 4.45. The summed E-state index contributed by atoms with van der Waals surface area (Å²) in [5.74, 6) is -0.736. The van der Waals surface area contributed by atoms with Crippen molar-refractivity contribution in [1.29, 1.82) is 0 Å². The van der Waals surface area contributed by atoms with Crippen molar-refractivity contribution < 1.29 is 18.3 Å². The van der Waals surface area contributed by atoms with Gasteiger partial charge in [-0.1, -0.05) is 12.1 Å². The first-order chi connectivity index (χ1) is 8.02. The number of rotatable bonds is 0. The van der Waals surface area contributed by atoms with Crippen LogP contribution in [-0.4, -0.2) is 15.1 Å². The van der Waals surface area contributed by atoms with Gasteiger partial charge in [0, 0.05) is 12.4 Å². The molecule has 0 saturated heterocycles. The number of phenols is 1. The standard InChI is InChI=1S/C7H5F3O.C4H4N2/c8-7(9,10)5-3-1-2-4-6(5)11;1-2-5-4-6-3-1/h1-4,11H;1-4H. The molecule has 0 saturated carbocycles. The summed E-state index contributed by atoms with van der Waals surface area (Å²) in [6, 6.07) is 6.17. The van der Waals surface area contributed by atoms with Crippen LogP contribution in [0.5, 0.6) is 5.75 Å². The number of hydrogen-bond acceptors (Lipinski definition) is 3. The first kappa shape index (κ1) is 13.0. The van der Waals surface area contributed by atoms with Crippen LogP contribution in [0.25, 0.3) is 0 Å². The molecular formula is C11H9F3N2O. The molecular weight excluding hydrogens is 233 g/mol. The zero-order valence-corrected chi connectivity index (χ0v) is 8.59. The zero-order valence-electron chi connectivity index (χ0n) is 8.59. The molecule has 1 aromatic heterocycles. The van der Waals surface area contributed by atoms with E-state index in [0.717, 1.165) is 12.1 Å². The average molecular weight is 242 g/mol. The van der Waals surface area contributed by atoms with E-state index in [1.54, 1.807) is 18.5 Å². The predicted octanol–water partition coefficient (Wildman–Crippen LogP) is 2.89. The van der Waals surface area contributed by atoms with E-state index < -0.39 is 17.5 Å². The molecule has 1 aromatic carbocycles. The molecule has 0 radical (unpaired) electrons. The highest BCUT2D eigenvalue weighted by Crippen LogP contribution is 2.34. The first-order valence-corrected chi connectivity index (χ1v) is 4.57. The molecule has 2 aromatic rings. The molecule has 1 heterocycles. The van der Waals surface area contributed by atoms with Crippen molar-refractivity contribution in [3.8, 4) is 5.75 Å². The lowest BCUT2D eigenvalue weighted by Gasteiger charge is -2.06. The Morgan fingerprint density at radius 1 is 0.941 bits per heavy atom. The van der Waals surface area contributed by atoms with Crippen molar-refractivity contribution in [3.05, 3.63) is 54.6 Å². The second-order valence-electron chi connectivity index (χ2n) is 2.92. The van der Waals surface area contributed by atoms with Gasteiger partial charge in [-0.2, -0.15) is 13.2 Å². The number of aromatic hydroxyl groups is 1. The Hall–Kier alpha value is -2.11. The number of halogens is 3.